The second-order valence-corrected chi connectivity index (χ2v) is 7.46. The molecule has 2 bridgehead atoms. The van der Waals surface area contributed by atoms with Gasteiger partial charge >= 0.3 is 11.9 Å². The van der Waals surface area contributed by atoms with E-state index in [4.69, 9.17) is 14.2 Å². The Kier molecular flexibility index (Phi) is 4.37. The molecule has 0 radical (unpaired) electrons. The molecule has 1 N–H and O–H groups in total. The Morgan fingerprint density at radius 3 is 2.80 bits per heavy atom. The molecule has 3 aliphatic rings. The summed E-state index contributed by atoms with van der Waals surface area (Å²) in [6, 6.07) is 0. The number of carbonyl (C=O) groups excluding carboxylic acids is 2. The van der Waals surface area contributed by atoms with Crippen LogP contribution in [0.3, 0.4) is 0 Å². The van der Waals surface area contributed by atoms with E-state index in [0.29, 0.717) is 12.8 Å². The number of fused-ring (bicyclic) bond motifs is 4. The maximum Gasteiger partial charge on any atom is 0.334 e. The highest BCUT2D eigenvalue weighted by Gasteiger charge is 2.54. The molecule has 2 saturated heterocycles. The fourth-order valence-electron chi connectivity index (χ4n) is 4.00. The normalized spacial score (nSPS) is 40.3. The number of ether oxygens (including phenoxy) is 3. The minimum Gasteiger partial charge on any atom is -0.458 e. The van der Waals surface area contributed by atoms with Gasteiger partial charge in [0.1, 0.15) is 18.3 Å². The number of carbonyl (C=O) groups is 2. The highest BCUT2D eigenvalue weighted by molar-refractivity contribution is 5.91. The van der Waals surface area contributed by atoms with Gasteiger partial charge in [-0.25, -0.2) is 9.59 Å². The molecule has 2 fully saturated rings. The first-order chi connectivity index (χ1) is 11.6. The first-order valence-corrected chi connectivity index (χ1v) is 8.47. The van der Waals surface area contributed by atoms with E-state index in [1.54, 1.807) is 13.0 Å². The third-order valence-electron chi connectivity index (χ3n) is 5.08. The van der Waals surface area contributed by atoms with Crippen LogP contribution in [0.4, 0.5) is 0 Å². The van der Waals surface area contributed by atoms with E-state index >= 15 is 0 Å². The lowest BCUT2D eigenvalue weighted by Crippen LogP contribution is -2.41. The number of esters is 2. The van der Waals surface area contributed by atoms with E-state index < -0.39 is 42.0 Å². The van der Waals surface area contributed by atoms with Crippen LogP contribution < -0.4 is 0 Å². The lowest BCUT2D eigenvalue weighted by Gasteiger charge is -2.30. The van der Waals surface area contributed by atoms with Gasteiger partial charge < -0.3 is 19.3 Å². The molecule has 25 heavy (non-hydrogen) atoms. The standard InChI is InChI=1S/C19H24O6/c1-9(2)17(20)23-13-6-10(3)7-19(22)8-11(4)15(25-19)16-14(13)12(5)18(21)24-16/h8,10,13-16,22H,1,5-7H2,2-4H3/t10-,13+,14-,15+,16+,19+/m1/s1. The average molecular weight is 348 g/mol. The van der Waals surface area contributed by atoms with Crippen molar-refractivity contribution in [3.05, 3.63) is 36.0 Å². The first kappa shape index (κ1) is 17.9. The Balaban J connectivity index is 2.00. The van der Waals surface area contributed by atoms with Crippen LogP contribution in [-0.4, -0.2) is 41.1 Å². The largest absolute Gasteiger partial charge is 0.458 e. The van der Waals surface area contributed by atoms with Gasteiger partial charge in [0.15, 0.2) is 5.79 Å². The Hall–Kier alpha value is -1.92. The smallest absolute Gasteiger partial charge is 0.334 e. The zero-order chi connectivity index (χ0) is 18.5. The highest BCUT2D eigenvalue weighted by atomic mass is 16.7. The summed E-state index contributed by atoms with van der Waals surface area (Å²) in [4.78, 5) is 24.2. The van der Waals surface area contributed by atoms with Gasteiger partial charge in [0.05, 0.1) is 5.92 Å². The van der Waals surface area contributed by atoms with Gasteiger partial charge in [-0.2, -0.15) is 0 Å². The Bertz CT molecular complexity index is 677. The third kappa shape index (κ3) is 3.16. The molecular weight excluding hydrogens is 324 g/mol. The summed E-state index contributed by atoms with van der Waals surface area (Å²) in [5.41, 5.74) is 1.34. The van der Waals surface area contributed by atoms with Crippen LogP contribution in [0, 0.1) is 11.8 Å². The molecule has 3 aliphatic heterocycles. The Morgan fingerprint density at radius 1 is 1.48 bits per heavy atom. The van der Waals surface area contributed by atoms with Crippen LogP contribution in [0.15, 0.2) is 36.0 Å². The second-order valence-electron chi connectivity index (χ2n) is 7.46. The zero-order valence-electron chi connectivity index (χ0n) is 14.8. The van der Waals surface area contributed by atoms with Crippen molar-refractivity contribution in [2.45, 2.75) is 57.7 Å². The minimum absolute atomic E-state index is 0.0158. The van der Waals surface area contributed by atoms with E-state index in [9.17, 15) is 14.7 Å². The molecule has 0 saturated carbocycles. The molecule has 0 aromatic heterocycles. The molecule has 0 aliphatic carbocycles. The van der Waals surface area contributed by atoms with Crippen LogP contribution >= 0.6 is 0 Å². The molecule has 0 aromatic carbocycles. The molecule has 0 unspecified atom stereocenters. The number of aliphatic hydroxyl groups is 1. The fraction of sp³-hybridized carbons (Fsp3) is 0.579. The Morgan fingerprint density at radius 2 is 2.16 bits per heavy atom. The van der Waals surface area contributed by atoms with Gasteiger partial charge in [-0.1, -0.05) is 20.1 Å². The minimum atomic E-state index is -1.40. The molecular formula is C19H24O6. The molecule has 0 spiro atoms. The van der Waals surface area contributed by atoms with Crippen molar-refractivity contribution in [1.29, 1.82) is 0 Å². The highest BCUT2D eigenvalue weighted by Crippen LogP contribution is 2.45. The molecule has 6 nitrogen and oxygen atoms in total. The monoisotopic (exact) mass is 348 g/mol. The number of rotatable bonds is 2. The van der Waals surface area contributed by atoms with Gasteiger partial charge in [-0.3, -0.25) is 0 Å². The lowest BCUT2D eigenvalue weighted by molar-refractivity contribution is -0.203. The van der Waals surface area contributed by atoms with Crippen molar-refractivity contribution < 1.29 is 28.9 Å². The van der Waals surface area contributed by atoms with Crippen molar-refractivity contribution >= 4 is 11.9 Å². The third-order valence-corrected chi connectivity index (χ3v) is 5.08. The summed E-state index contributed by atoms with van der Waals surface area (Å²) in [5, 5.41) is 10.7. The predicted molar refractivity (Wildman–Crippen MR) is 89.2 cm³/mol. The van der Waals surface area contributed by atoms with Crippen molar-refractivity contribution in [2.75, 3.05) is 0 Å². The van der Waals surface area contributed by atoms with Gasteiger partial charge in [0, 0.05) is 17.6 Å². The molecule has 3 heterocycles. The first-order valence-electron chi connectivity index (χ1n) is 8.47. The summed E-state index contributed by atoms with van der Waals surface area (Å²) in [7, 11) is 0. The van der Waals surface area contributed by atoms with Crippen LogP contribution in [0.1, 0.15) is 33.6 Å². The molecule has 6 heteroatoms. The maximum absolute atomic E-state index is 12.1. The van der Waals surface area contributed by atoms with E-state index in [-0.39, 0.29) is 17.1 Å². The van der Waals surface area contributed by atoms with E-state index in [0.717, 1.165) is 5.57 Å². The molecule has 6 atom stereocenters. The fourth-order valence-corrected chi connectivity index (χ4v) is 4.00. The topological polar surface area (TPSA) is 82.1 Å². The molecule has 3 rings (SSSR count). The number of hydrogen-bond acceptors (Lipinski definition) is 6. The predicted octanol–water partition coefficient (Wildman–Crippen LogP) is 2.04. The van der Waals surface area contributed by atoms with Crippen LogP contribution in [0.5, 0.6) is 0 Å². The van der Waals surface area contributed by atoms with Gasteiger partial charge in [-0.15, -0.1) is 0 Å². The maximum atomic E-state index is 12.1. The zero-order valence-corrected chi connectivity index (χ0v) is 14.8. The number of hydrogen-bond donors (Lipinski definition) is 1. The van der Waals surface area contributed by atoms with Gasteiger partial charge in [0.2, 0.25) is 0 Å². The van der Waals surface area contributed by atoms with Gasteiger partial charge in [-0.05, 0) is 37.8 Å². The molecule has 0 amide bonds. The summed E-state index contributed by atoms with van der Waals surface area (Å²) in [6.45, 7) is 12.8. The summed E-state index contributed by atoms with van der Waals surface area (Å²) in [6.07, 6.45) is 0.638. The summed E-state index contributed by atoms with van der Waals surface area (Å²) < 4.78 is 17.0. The quantitative estimate of drug-likeness (QED) is 0.467. The van der Waals surface area contributed by atoms with E-state index in [1.165, 1.54) is 0 Å². The molecule has 136 valence electrons. The lowest BCUT2D eigenvalue weighted by atomic mass is 9.81. The van der Waals surface area contributed by atoms with Crippen molar-refractivity contribution in [3.8, 4) is 0 Å². The van der Waals surface area contributed by atoms with E-state index in [2.05, 4.69) is 13.2 Å². The van der Waals surface area contributed by atoms with Crippen molar-refractivity contribution in [3.63, 3.8) is 0 Å². The van der Waals surface area contributed by atoms with Crippen LogP contribution in [-0.2, 0) is 23.8 Å². The summed E-state index contributed by atoms with van der Waals surface area (Å²) in [5.74, 6) is -2.97. The Labute approximate surface area is 147 Å². The molecule has 0 aromatic rings. The van der Waals surface area contributed by atoms with Crippen molar-refractivity contribution in [1.82, 2.24) is 0 Å². The van der Waals surface area contributed by atoms with E-state index in [1.807, 2.05) is 13.8 Å². The van der Waals surface area contributed by atoms with Crippen molar-refractivity contribution in [2.24, 2.45) is 11.8 Å². The second kappa shape index (κ2) is 6.11. The van der Waals surface area contributed by atoms with Gasteiger partial charge in [0.25, 0.3) is 0 Å². The van der Waals surface area contributed by atoms with Crippen LogP contribution in [0.25, 0.3) is 0 Å². The van der Waals surface area contributed by atoms with Crippen LogP contribution in [0.2, 0.25) is 0 Å². The summed E-state index contributed by atoms with van der Waals surface area (Å²) >= 11 is 0. The average Bonchev–Trinajstić information content (AvgIpc) is 2.95. The SMILES string of the molecule is C=C(C)C(=O)O[C@H]1C[C@@H](C)C[C@@]2(O)C=C(C)[C@H](O2)[C@H]2OC(=O)C(=C)[C@@H]21.